The molecule has 2 aliphatic rings. The third-order valence-corrected chi connectivity index (χ3v) is 7.75. The molecule has 0 saturated carbocycles. The van der Waals surface area contributed by atoms with Gasteiger partial charge in [-0.15, -0.1) is 0 Å². The van der Waals surface area contributed by atoms with Crippen LogP contribution < -0.4 is 14.2 Å². The number of ketones is 1. The molecule has 49 heavy (non-hydrogen) atoms. The molecule has 0 aromatic heterocycles. The molecule has 268 valence electrons. The minimum absolute atomic E-state index is 0.0461. The summed E-state index contributed by atoms with van der Waals surface area (Å²) in [5.74, 6) is -0.446. The minimum atomic E-state index is -1.76. The maximum absolute atomic E-state index is 12.3. The second-order valence-corrected chi connectivity index (χ2v) is 11.1. The van der Waals surface area contributed by atoms with E-state index in [0.29, 0.717) is 11.1 Å². The molecule has 2 aromatic rings. The molecule has 2 saturated heterocycles. The summed E-state index contributed by atoms with van der Waals surface area (Å²) in [4.78, 5) is 12.3. The monoisotopic (exact) mass is 692 g/mol. The average Bonchev–Trinajstić information content (AvgIpc) is 3.10. The number of aliphatic hydroxyl groups excluding tert-OH is 8. The van der Waals surface area contributed by atoms with Crippen LogP contribution >= 0.6 is 0 Å². The molecular formula is C33H40O16. The van der Waals surface area contributed by atoms with E-state index in [1.54, 1.807) is 12.1 Å². The van der Waals surface area contributed by atoms with Crippen molar-refractivity contribution in [3.05, 3.63) is 71.5 Å². The number of aliphatic hydroxyl groups is 8. The van der Waals surface area contributed by atoms with Crippen LogP contribution in [0.3, 0.4) is 0 Å². The summed E-state index contributed by atoms with van der Waals surface area (Å²) in [6.07, 6.45) is -9.35. The number of hydrogen-bond donors (Lipinski definition) is 9. The van der Waals surface area contributed by atoms with Gasteiger partial charge in [-0.1, -0.05) is 24.3 Å². The van der Waals surface area contributed by atoms with E-state index in [4.69, 9.17) is 28.4 Å². The number of aromatic hydroxyl groups is 1. The van der Waals surface area contributed by atoms with Gasteiger partial charge >= 0.3 is 0 Å². The van der Waals surface area contributed by atoms with Gasteiger partial charge in [0, 0.05) is 6.08 Å². The molecule has 4 rings (SSSR count). The van der Waals surface area contributed by atoms with E-state index in [1.807, 2.05) is 0 Å². The molecule has 2 heterocycles. The van der Waals surface area contributed by atoms with Crippen molar-refractivity contribution in [1.82, 2.24) is 0 Å². The van der Waals surface area contributed by atoms with Crippen LogP contribution in [0.5, 0.6) is 23.0 Å². The Morgan fingerprint density at radius 2 is 1.31 bits per heavy atom. The maximum Gasteiger partial charge on any atom is 0.229 e. The van der Waals surface area contributed by atoms with Crippen LogP contribution in [-0.4, -0.2) is 141 Å². The molecular weight excluding hydrogens is 652 g/mol. The third-order valence-electron chi connectivity index (χ3n) is 7.75. The summed E-state index contributed by atoms with van der Waals surface area (Å²) >= 11 is 0. The number of carbonyl (C=O) groups is 1. The van der Waals surface area contributed by atoms with Gasteiger partial charge in [0.1, 0.15) is 54.6 Å². The highest BCUT2D eigenvalue weighted by Crippen LogP contribution is 2.33. The summed E-state index contributed by atoms with van der Waals surface area (Å²) in [7, 11) is 2.74. The first kappa shape index (κ1) is 37.7. The summed E-state index contributed by atoms with van der Waals surface area (Å²) in [5.41, 5.74) is 1.10. The molecule has 0 unspecified atom stereocenters. The van der Waals surface area contributed by atoms with E-state index >= 15 is 0 Å². The highest BCUT2D eigenvalue weighted by atomic mass is 16.7. The summed E-state index contributed by atoms with van der Waals surface area (Å²) in [5, 5.41) is 91.0. The van der Waals surface area contributed by atoms with Crippen LogP contribution in [0.15, 0.2) is 60.4 Å². The summed E-state index contributed by atoms with van der Waals surface area (Å²) < 4.78 is 32.5. The van der Waals surface area contributed by atoms with Crippen LogP contribution in [0.2, 0.25) is 0 Å². The fraction of sp³-hybridized carbons (Fsp3) is 0.424. The molecule has 0 spiro atoms. The number of ether oxygens (including phenoxy) is 6. The van der Waals surface area contributed by atoms with E-state index in [-0.39, 0.29) is 28.8 Å². The van der Waals surface area contributed by atoms with Crippen molar-refractivity contribution in [2.24, 2.45) is 0 Å². The molecule has 0 bridgehead atoms. The van der Waals surface area contributed by atoms with Gasteiger partial charge in [0.15, 0.2) is 35.1 Å². The Hall–Kier alpha value is -4.07. The Morgan fingerprint density at radius 1 is 0.735 bits per heavy atom. The molecule has 9 N–H and O–H groups in total. The van der Waals surface area contributed by atoms with Crippen molar-refractivity contribution < 1.29 is 79.2 Å². The lowest BCUT2D eigenvalue weighted by Gasteiger charge is -2.42. The second kappa shape index (κ2) is 17.0. The van der Waals surface area contributed by atoms with Gasteiger partial charge in [-0.05, 0) is 47.5 Å². The van der Waals surface area contributed by atoms with Crippen LogP contribution in [-0.2, 0) is 19.0 Å². The Balaban J connectivity index is 1.38. The summed E-state index contributed by atoms with van der Waals surface area (Å²) in [6.45, 7) is -1.21. The highest BCUT2D eigenvalue weighted by molar-refractivity contribution is 6.02. The number of phenols is 1. The number of methoxy groups -OCH3 is 2. The first-order valence-electron chi connectivity index (χ1n) is 15.0. The van der Waals surface area contributed by atoms with Crippen molar-refractivity contribution in [3.8, 4) is 23.0 Å². The molecule has 2 fully saturated rings. The zero-order valence-electron chi connectivity index (χ0n) is 26.4. The van der Waals surface area contributed by atoms with Crippen LogP contribution in [0.1, 0.15) is 11.1 Å². The lowest BCUT2D eigenvalue weighted by atomic mass is 9.98. The lowest BCUT2D eigenvalue weighted by molar-refractivity contribution is -0.323. The number of hydrogen-bond acceptors (Lipinski definition) is 16. The topological polar surface area (TPSA) is 255 Å². The number of benzene rings is 2. The highest BCUT2D eigenvalue weighted by Gasteiger charge is 2.48. The van der Waals surface area contributed by atoms with E-state index in [9.17, 15) is 50.8 Å². The predicted molar refractivity (Wildman–Crippen MR) is 168 cm³/mol. The number of rotatable bonds is 13. The molecule has 0 radical (unpaired) electrons. The fourth-order valence-electron chi connectivity index (χ4n) is 4.96. The smallest absolute Gasteiger partial charge is 0.229 e. The van der Waals surface area contributed by atoms with E-state index < -0.39 is 80.4 Å². The van der Waals surface area contributed by atoms with E-state index in [0.717, 1.165) is 6.08 Å². The molecule has 2 aliphatic heterocycles. The van der Waals surface area contributed by atoms with Gasteiger partial charge in [0.05, 0.1) is 27.4 Å². The number of carbonyl (C=O) groups excluding carboxylic acids is 1. The molecule has 10 atom stereocenters. The first-order valence-corrected chi connectivity index (χ1v) is 15.0. The van der Waals surface area contributed by atoms with Crippen LogP contribution in [0.25, 0.3) is 12.2 Å². The Kier molecular flexibility index (Phi) is 13.1. The Bertz CT molecular complexity index is 1510. The summed E-state index contributed by atoms with van der Waals surface area (Å²) in [6, 6.07) is 9.06. The standard InChI is InChI=1S/C33H40O16/c1-44-22-11-16(5-9-20(22)37)3-7-18(35)13-19(36)8-4-17-6-10-21(23(12-17)45-2)47-33-31(43)29(41)27(39)25(49-33)15-46-32-30(42)28(40)26(38)24(14-34)48-32/h3-13,24-34,36-43H,14-15H2,1-2H3/b7-3+,8-4+,19-13-/t24-,25-,26-,27-,28+,29+,30-,31-,32-,33-/m1/s1. The number of allylic oxidation sites excluding steroid dienone is 3. The first-order chi connectivity index (χ1) is 23.4. The van der Waals surface area contributed by atoms with Gasteiger partial charge in [0.2, 0.25) is 6.29 Å². The van der Waals surface area contributed by atoms with Crippen LogP contribution in [0, 0.1) is 0 Å². The van der Waals surface area contributed by atoms with Gasteiger partial charge in [0.25, 0.3) is 0 Å². The van der Waals surface area contributed by atoms with E-state index in [2.05, 4.69) is 0 Å². The van der Waals surface area contributed by atoms with Crippen molar-refractivity contribution in [2.75, 3.05) is 27.4 Å². The van der Waals surface area contributed by atoms with Gasteiger partial charge in [-0.3, -0.25) is 4.79 Å². The lowest BCUT2D eigenvalue weighted by Crippen LogP contribution is -2.62. The quantitative estimate of drug-likeness (QED) is 0.0704. The zero-order valence-corrected chi connectivity index (χ0v) is 26.4. The third kappa shape index (κ3) is 9.34. The van der Waals surface area contributed by atoms with Gasteiger partial charge in [-0.25, -0.2) is 0 Å². The molecule has 0 amide bonds. The predicted octanol–water partition coefficient (Wildman–Crippen LogP) is -0.850. The molecule has 16 nitrogen and oxygen atoms in total. The van der Waals surface area contributed by atoms with E-state index in [1.165, 1.54) is 62.8 Å². The minimum Gasteiger partial charge on any atom is -0.508 e. The zero-order chi connectivity index (χ0) is 35.8. The van der Waals surface area contributed by atoms with Crippen molar-refractivity contribution in [3.63, 3.8) is 0 Å². The normalized spacial score (nSPS) is 30.8. The van der Waals surface area contributed by atoms with Gasteiger partial charge < -0.3 is 74.4 Å². The largest absolute Gasteiger partial charge is 0.508 e. The molecule has 16 heteroatoms. The Labute approximate surface area is 280 Å². The Morgan fingerprint density at radius 3 is 1.96 bits per heavy atom. The second-order valence-electron chi connectivity index (χ2n) is 11.1. The maximum atomic E-state index is 12.3. The molecule has 0 aliphatic carbocycles. The van der Waals surface area contributed by atoms with Crippen molar-refractivity contribution >= 4 is 17.9 Å². The van der Waals surface area contributed by atoms with Crippen LogP contribution in [0.4, 0.5) is 0 Å². The van der Waals surface area contributed by atoms with Crippen molar-refractivity contribution in [2.45, 2.75) is 61.4 Å². The fourth-order valence-corrected chi connectivity index (χ4v) is 4.96. The average molecular weight is 693 g/mol. The van der Waals surface area contributed by atoms with Crippen molar-refractivity contribution in [1.29, 1.82) is 0 Å². The van der Waals surface area contributed by atoms with Gasteiger partial charge in [-0.2, -0.15) is 0 Å². The SMILES string of the molecule is COc1cc(/C=C/C(=O)/C=C(O)/C=C/c2ccc(O[C@@H]3O[C@H](CO[C@@H]4O[C@H](CO)[C@@H](O)[C@H](O)[C@H]4O)[C@@H](O)[C@H](O)[C@H]3O)c(OC)c2)ccc1O. The number of phenolic OH excluding ortho intramolecular Hbond substituents is 1. The molecule has 2 aromatic carbocycles.